The summed E-state index contributed by atoms with van der Waals surface area (Å²) >= 11 is 0. The highest BCUT2D eigenvalue weighted by molar-refractivity contribution is 6.11. The van der Waals surface area contributed by atoms with Crippen LogP contribution in [0.1, 0.15) is 24.4 Å². The van der Waals surface area contributed by atoms with Crippen molar-refractivity contribution in [2.24, 2.45) is 5.92 Å². The molecule has 1 heterocycles. The summed E-state index contributed by atoms with van der Waals surface area (Å²) in [7, 11) is 3.21. The number of ketones is 1. The fourth-order valence-corrected chi connectivity index (χ4v) is 2.70. The minimum atomic E-state index is -0.132. The number of hydrogen-bond acceptors (Lipinski definition) is 4. The van der Waals surface area contributed by atoms with E-state index in [-0.39, 0.29) is 11.7 Å². The Morgan fingerprint density at radius 1 is 1.00 bits per heavy atom. The zero-order valence-electron chi connectivity index (χ0n) is 13.1. The van der Waals surface area contributed by atoms with Gasteiger partial charge in [0.25, 0.3) is 0 Å². The SMILES string of the molecule is COc1c2ccccc2c(OC)c2oc(C(=O)C(C)C)cc12. The van der Waals surface area contributed by atoms with Crippen LogP contribution in [0.2, 0.25) is 0 Å². The molecule has 0 atom stereocenters. The van der Waals surface area contributed by atoms with Gasteiger partial charge >= 0.3 is 0 Å². The zero-order valence-corrected chi connectivity index (χ0v) is 13.1. The first-order valence-electron chi connectivity index (χ1n) is 7.19. The molecule has 2 aromatic carbocycles. The van der Waals surface area contributed by atoms with Gasteiger partial charge in [0.1, 0.15) is 5.75 Å². The molecule has 1 aromatic heterocycles. The Morgan fingerprint density at radius 3 is 2.14 bits per heavy atom. The molecule has 0 spiro atoms. The molecule has 3 aromatic rings. The van der Waals surface area contributed by atoms with E-state index < -0.39 is 0 Å². The fourth-order valence-electron chi connectivity index (χ4n) is 2.70. The molecule has 114 valence electrons. The number of fused-ring (bicyclic) bond motifs is 2. The number of methoxy groups -OCH3 is 2. The van der Waals surface area contributed by atoms with Crippen molar-refractivity contribution in [3.8, 4) is 11.5 Å². The molecule has 0 aliphatic heterocycles. The van der Waals surface area contributed by atoms with E-state index in [1.807, 2.05) is 38.1 Å². The normalized spacial score (nSPS) is 11.3. The van der Waals surface area contributed by atoms with Gasteiger partial charge in [-0.2, -0.15) is 0 Å². The molecular formula is C18H18O4. The van der Waals surface area contributed by atoms with E-state index in [1.165, 1.54) is 0 Å². The van der Waals surface area contributed by atoms with Crippen molar-refractivity contribution in [3.63, 3.8) is 0 Å². The Kier molecular flexibility index (Phi) is 3.53. The van der Waals surface area contributed by atoms with Crippen LogP contribution in [0.25, 0.3) is 21.7 Å². The number of ether oxygens (including phenoxy) is 2. The first-order chi connectivity index (χ1) is 10.6. The highest BCUT2D eigenvalue weighted by atomic mass is 16.5. The third-order valence-electron chi connectivity index (χ3n) is 3.77. The average molecular weight is 298 g/mol. The van der Waals surface area contributed by atoms with E-state index in [4.69, 9.17) is 13.9 Å². The molecular weight excluding hydrogens is 280 g/mol. The van der Waals surface area contributed by atoms with Crippen LogP contribution < -0.4 is 9.47 Å². The van der Waals surface area contributed by atoms with Gasteiger partial charge in [0.2, 0.25) is 5.78 Å². The van der Waals surface area contributed by atoms with Crippen molar-refractivity contribution in [2.75, 3.05) is 14.2 Å². The van der Waals surface area contributed by atoms with E-state index in [1.54, 1.807) is 20.3 Å². The molecule has 22 heavy (non-hydrogen) atoms. The van der Waals surface area contributed by atoms with Crippen LogP contribution in [-0.4, -0.2) is 20.0 Å². The Balaban J connectivity index is 2.43. The minimum Gasteiger partial charge on any atom is -0.495 e. The summed E-state index contributed by atoms with van der Waals surface area (Å²) in [6.45, 7) is 3.70. The maximum Gasteiger partial charge on any atom is 0.200 e. The van der Waals surface area contributed by atoms with Gasteiger partial charge in [-0.15, -0.1) is 0 Å². The molecule has 0 unspecified atom stereocenters. The smallest absolute Gasteiger partial charge is 0.200 e. The maximum atomic E-state index is 12.2. The van der Waals surface area contributed by atoms with Crippen molar-refractivity contribution in [3.05, 3.63) is 36.1 Å². The molecule has 0 aliphatic rings. The zero-order chi connectivity index (χ0) is 15.9. The quantitative estimate of drug-likeness (QED) is 0.668. The largest absolute Gasteiger partial charge is 0.495 e. The van der Waals surface area contributed by atoms with E-state index in [2.05, 4.69) is 0 Å². The van der Waals surface area contributed by atoms with Crippen LogP contribution in [-0.2, 0) is 0 Å². The second-order valence-electron chi connectivity index (χ2n) is 5.48. The monoisotopic (exact) mass is 298 g/mol. The van der Waals surface area contributed by atoms with Crippen LogP contribution in [0.4, 0.5) is 0 Å². The number of Topliss-reactive ketones (excluding diaryl/α,β-unsaturated/α-hetero) is 1. The van der Waals surface area contributed by atoms with Gasteiger partial charge in [-0.1, -0.05) is 38.1 Å². The maximum absolute atomic E-state index is 12.2. The van der Waals surface area contributed by atoms with E-state index in [0.29, 0.717) is 22.8 Å². The lowest BCUT2D eigenvalue weighted by Gasteiger charge is -2.10. The van der Waals surface area contributed by atoms with Gasteiger partial charge < -0.3 is 13.9 Å². The predicted molar refractivity (Wildman–Crippen MR) is 86.0 cm³/mol. The Hall–Kier alpha value is -2.49. The predicted octanol–water partition coefficient (Wildman–Crippen LogP) is 4.44. The van der Waals surface area contributed by atoms with Crippen LogP contribution in [0.5, 0.6) is 11.5 Å². The standard InChI is InChI=1S/C18H18O4/c1-10(2)15(19)14-9-13-16(20-3)11-7-5-6-8-12(11)17(21-4)18(13)22-14/h5-10H,1-4H3. The summed E-state index contributed by atoms with van der Waals surface area (Å²) in [4.78, 5) is 12.2. The lowest BCUT2D eigenvalue weighted by molar-refractivity contribution is 0.0913. The van der Waals surface area contributed by atoms with Gasteiger partial charge in [-0.05, 0) is 6.07 Å². The summed E-state index contributed by atoms with van der Waals surface area (Å²) in [5.74, 6) is 1.47. The first-order valence-corrected chi connectivity index (χ1v) is 7.19. The van der Waals surface area contributed by atoms with E-state index >= 15 is 0 Å². The lowest BCUT2D eigenvalue weighted by atomic mass is 10.0. The number of furan rings is 1. The van der Waals surface area contributed by atoms with Gasteiger partial charge in [-0.3, -0.25) is 4.79 Å². The number of carbonyl (C=O) groups is 1. The summed E-state index contributed by atoms with van der Waals surface area (Å²) in [5, 5.41) is 2.58. The molecule has 0 N–H and O–H groups in total. The molecule has 0 saturated carbocycles. The molecule has 4 nitrogen and oxygen atoms in total. The lowest BCUT2D eigenvalue weighted by Crippen LogP contribution is -2.05. The molecule has 3 rings (SSSR count). The number of carbonyl (C=O) groups excluding carboxylic acids is 1. The summed E-state index contributed by atoms with van der Waals surface area (Å²) < 4.78 is 16.9. The van der Waals surface area contributed by atoms with Crippen molar-refractivity contribution in [1.82, 2.24) is 0 Å². The topological polar surface area (TPSA) is 48.7 Å². The van der Waals surface area contributed by atoms with Gasteiger partial charge in [0.05, 0.1) is 19.6 Å². The molecule has 0 radical (unpaired) electrons. The van der Waals surface area contributed by atoms with Crippen molar-refractivity contribution < 1.29 is 18.7 Å². The van der Waals surface area contributed by atoms with Gasteiger partial charge in [-0.25, -0.2) is 0 Å². The van der Waals surface area contributed by atoms with Crippen LogP contribution >= 0.6 is 0 Å². The first kappa shape index (κ1) is 14.4. The number of benzene rings is 2. The molecule has 0 fully saturated rings. The summed E-state index contributed by atoms with van der Waals surface area (Å²) in [6, 6.07) is 9.52. The highest BCUT2D eigenvalue weighted by Crippen LogP contribution is 2.44. The number of rotatable bonds is 4. The third-order valence-corrected chi connectivity index (χ3v) is 3.77. The fraction of sp³-hybridized carbons (Fsp3) is 0.278. The molecule has 0 bridgehead atoms. The van der Waals surface area contributed by atoms with E-state index in [0.717, 1.165) is 16.2 Å². The Morgan fingerprint density at radius 2 is 1.59 bits per heavy atom. The van der Waals surface area contributed by atoms with Crippen LogP contribution in [0.3, 0.4) is 0 Å². The van der Waals surface area contributed by atoms with Crippen LogP contribution in [0, 0.1) is 5.92 Å². The average Bonchev–Trinajstić information content (AvgIpc) is 2.95. The molecule has 0 aliphatic carbocycles. The summed E-state index contributed by atoms with van der Waals surface area (Å²) in [5.41, 5.74) is 0.544. The molecule has 4 heteroatoms. The second kappa shape index (κ2) is 5.37. The van der Waals surface area contributed by atoms with Crippen molar-refractivity contribution >= 4 is 27.5 Å². The van der Waals surface area contributed by atoms with E-state index in [9.17, 15) is 4.79 Å². The summed E-state index contributed by atoms with van der Waals surface area (Å²) in [6.07, 6.45) is 0. The molecule has 0 amide bonds. The van der Waals surface area contributed by atoms with Gasteiger partial charge in [0, 0.05) is 16.7 Å². The second-order valence-corrected chi connectivity index (χ2v) is 5.48. The highest BCUT2D eigenvalue weighted by Gasteiger charge is 2.22. The Bertz CT molecular complexity index is 798. The Labute approximate surface area is 128 Å². The van der Waals surface area contributed by atoms with Gasteiger partial charge in [0.15, 0.2) is 17.1 Å². The third kappa shape index (κ3) is 2.03. The minimum absolute atomic E-state index is 0.0376. The van der Waals surface area contributed by atoms with Crippen molar-refractivity contribution in [2.45, 2.75) is 13.8 Å². The molecule has 0 saturated heterocycles. The number of hydrogen-bond donors (Lipinski definition) is 0. The van der Waals surface area contributed by atoms with Crippen molar-refractivity contribution in [1.29, 1.82) is 0 Å². The van der Waals surface area contributed by atoms with Crippen LogP contribution in [0.15, 0.2) is 34.7 Å².